The summed E-state index contributed by atoms with van der Waals surface area (Å²) in [6.45, 7) is 9.51. The smallest absolute Gasteiger partial charge is 0.419 e. The second-order valence-corrected chi connectivity index (χ2v) is 11.5. The summed E-state index contributed by atoms with van der Waals surface area (Å²) >= 11 is 0. The van der Waals surface area contributed by atoms with Crippen molar-refractivity contribution in [2.45, 2.75) is 70.2 Å². The lowest BCUT2D eigenvalue weighted by atomic mass is 9.62. The topological polar surface area (TPSA) is 59.3 Å². The molecule has 2 atom stereocenters. The summed E-state index contributed by atoms with van der Waals surface area (Å²) in [6, 6.07) is 15.3. The van der Waals surface area contributed by atoms with Crippen LogP contribution in [0.2, 0.25) is 0 Å². The number of halogens is 3. The predicted molar refractivity (Wildman–Crippen MR) is 148 cm³/mol. The van der Waals surface area contributed by atoms with Gasteiger partial charge in [-0.2, -0.15) is 18.3 Å². The number of methoxy groups -OCH3 is 1. The molecule has 1 aromatic heterocycles. The molecule has 4 aromatic rings. The Balaban J connectivity index is 1.70. The number of fused-ring (bicyclic) bond motifs is 2. The van der Waals surface area contributed by atoms with Crippen molar-refractivity contribution in [1.82, 2.24) is 9.78 Å². The van der Waals surface area contributed by atoms with Gasteiger partial charge in [-0.15, -0.1) is 0 Å². The first kappa shape index (κ1) is 27.1. The van der Waals surface area contributed by atoms with E-state index in [-0.39, 0.29) is 5.92 Å². The van der Waals surface area contributed by atoms with Crippen molar-refractivity contribution >= 4 is 16.6 Å². The van der Waals surface area contributed by atoms with Gasteiger partial charge in [0, 0.05) is 16.6 Å². The van der Waals surface area contributed by atoms with Gasteiger partial charge in [0.2, 0.25) is 0 Å². The Labute approximate surface area is 226 Å². The highest BCUT2D eigenvalue weighted by Gasteiger charge is 2.64. The van der Waals surface area contributed by atoms with E-state index < -0.39 is 29.7 Å². The number of anilines is 1. The molecule has 39 heavy (non-hydrogen) atoms. The number of nitrogens with zero attached hydrogens (tertiary/aromatic N) is 2. The van der Waals surface area contributed by atoms with Crippen LogP contribution in [0.25, 0.3) is 16.6 Å². The van der Waals surface area contributed by atoms with E-state index in [0.29, 0.717) is 28.0 Å². The third kappa shape index (κ3) is 4.35. The SMILES string of the molecule is COc1c(C(C)C)ccc2c1C(C)(C)CC(O)(C(F)(F)F)C2Nc1cccc2c1cnn2-c1ccc(C)cc1. The average Bonchev–Trinajstić information content (AvgIpc) is 3.30. The fraction of sp³-hybridized carbons (Fsp3) is 0.387. The maximum atomic E-state index is 14.7. The third-order valence-corrected chi connectivity index (χ3v) is 7.91. The summed E-state index contributed by atoms with van der Waals surface area (Å²) in [5, 5.41) is 19.8. The highest BCUT2D eigenvalue weighted by atomic mass is 19.4. The number of benzene rings is 3. The molecule has 2 unspecified atom stereocenters. The molecule has 0 saturated heterocycles. The minimum absolute atomic E-state index is 0.109. The summed E-state index contributed by atoms with van der Waals surface area (Å²) in [6.07, 6.45) is -3.77. The summed E-state index contributed by atoms with van der Waals surface area (Å²) in [4.78, 5) is 0. The third-order valence-electron chi connectivity index (χ3n) is 7.91. The highest BCUT2D eigenvalue weighted by Crippen LogP contribution is 2.57. The van der Waals surface area contributed by atoms with Crippen LogP contribution in [0.5, 0.6) is 5.75 Å². The molecule has 0 fully saturated rings. The maximum absolute atomic E-state index is 14.7. The van der Waals surface area contributed by atoms with Crippen molar-refractivity contribution in [2.75, 3.05) is 12.4 Å². The number of hydrogen-bond donors (Lipinski definition) is 2. The van der Waals surface area contributed by atoms with Gasteiger partial charge in [-0.3, -0.25) is 0 Å². The van der Waals surface area contributed by atoms with Gasteiger partial charge < -0.3 is 15.2 Å². The van der Waals surface area contributed by atoms with Gasteiger partial charge in [-0.25, -0.2) is 4.68 Å². The Morgan fingerprint density at radius 1 is 1.08 bits per heavy atom. The van der Waals surface area contributed by atoms with Crippen molar-refractivity contribution in [3.8, 4) is 11.4 Å². The van der Waals surface area contributed by atoms with Crippen LogP contribution in [0, 0.1) is 6.92 Å². The zero-order valence-corrected chi connectivity index (χ0v) is 23.0. The number of aryl methyl sites for hydroxylation is 1. The Morgan fingerprint density at radius 2 is 1.77 bits per heavy atom. The maximum Gasteiger partial charge on any atom is 0.419 e. The predicted octanol–water partition coefficient (Wildman–Crippen LogP) is 7.59. The summed E-state index contributed by atoms with van der Waals surface area (Å²) < 4.78 is 51.8. The van der Waals surface area contributed by atoms with Crippen LogP contribution in [0.1, 0.15) is 68.3 Å². The number of aromatic nitrogens is 2. The molecule has 1 aliphatic rings. The van der Waals surface area contributed by atoms with Crippen LogP contribution in [-0.4, -0.2) is 33.8 Å². The van der Waals surface area contributed by atoms with Gasteiger partial charge in [0.1, 0.15) is 5.75 Å². The lowest BCUT2D eigenvalue weighted by Gasteiger charge is -2.49. The van der Waals surface area contributed by atoms with Crippen LogP contribution in [0.3, 0.4) is 0 Å². The van der Waals surface area contributed by atoms with Crippen molar-refractivity contribution in [1.29, 1.82) is 0 Å². The zero-order valence-electron chi connectivity index (χ0n) is 23.0. The van der Waals surface area contributed by atoms with Crippen molar-refractivity contribution in [3.63, 3.8) is 0 Å². The van der Waals surface area contributed by atoms with Crippen LogP contribution in [0.4, 0.5) is 18.9 Å². The molecule has 206 valence electrons. The molecule has 1 heterocycles. The van der Waals surface area contributed by atoms with Gasteiger partial charge in [0.25, 0.3) is 0 Å². The Bertz CT molecular complexity index is 1520. The minimum atomic E-state index is -4.89. The van der Waals surface area contributed by atoms with E-state index in [9.17, 15) is 18.3 Å². The van der Waals surface area contributed by atoms with Crippen LogP contribution >= 0.6 is 0 Å². The van der Waals surface area contributed by atoms with Crippen molar-refractivity contribution in [2.24, 2.45) is 0 Å². The van der Waals surface area contributed by atoms with Crippen LogP contribution in [0.15, 0.2) is 60.8 Å². The van der Waals surface area contributed by atoms with E-state index in [1.54, 1.807) is 50.0 Å². The van der Waals surface area contributed by atoms with Gasteiger partial charge in [0.15, 0.2) is 5.60 Å². The molecule has 5 nitrogen and oxygen atoms in total. The van der Waals surface area contributed by atoms with Crippen LogP contribution in [-0.2, 0) is 5.41 Å². The Morgan fingerprint density at radius 3 is 2.38 bits per heavy atom. The fourth-order valence-corrected chi connectivity index (χ4v) is 6.03. The number of nitrogens with one attached hydrogen (secondary N) is 1. The highest BCUT2D eigenvalue weighted by molar-refractivity contribution is 5.92. The zero-order chi connectivity index (χ0) is 28.3. The number of aliphatic hydroxyl groups is 1. The lowest BCUT2D eigenvalue weighted by molar-refractivity contribution is -0.275. The number of rotatable bonds is 5. The second kappa shape index (κ2) is 9.30. The normalized spacial score (nSPS) is 20.7. The number of alkyl halides is 3. The van der Waals surface area contributed by atoms with E-state index in [0.717, 1.165) is 22.3 Å². The number of ether oxygens (including phenoxy) is 1. The first-order chi connectivity index (χ1) is 18.3. The first-order valence-corrected chi connectivity index (χ1v) is 13.1. The van der Waals surface area contributed by atoms with E-state index in [4.69, 9.17) is 4.74 Å². The average molecular weight is 538 g/mol. The monoisotopic (exact) mass is 537 g/mol. The molecular weight excluding hydrogens is 503 g/mol. The summed E-state index contributed by atoms with van der Waals surface area (Å²) in [5.41, 5.74) is 1.09. The van der Waals surface area contributed by atoms with E-state index in [1.165, 1.54) is 0 Å². The van der Waals surface area contributed by atoms with Crippen molar-refractivity contribution < 1.29 is 23.0 Å². The van der Waals surface area contributed by atoms with Crippen LogP contribution < -0.4 is 10.1 Å². The first-order valence-electron chi connectivity index (χ1n) is 13.1. The van der Waals surface area contributed by atoms with Gasteiger partial charge in [-0.1, -0.05) is 63.6 Å². The molecule has 0 bridgehead atoms. The van der Waals surface area contributed by atoms with Gasteiger partial charge >= 0.3 is 6.18 Å². The lowest BCUT2D eigenvalue weighted by Crippen LogP contribution is -2.58. The second-order valence-electron chi connectivity index (χ2n) is 11.5. The molecule has 2 N–H and O–H groups in total. The van der Waals surface area contributed by atoms with E-state index in [2.05, 4.69) is 10.4 Å². The van der Waals surface area contributed by atoms with Gasteiger partial charge in [0.05, 0.1) is 30.6 Å². The fourth-order valence-electron chi connectivity index (χ4n) is 6.03. The number of hydrogen-bond acceptors (Lipinski definition) is 4. The van der Waals surface area contributed by atoms with E-state index >= 15 is 0 Å². The quantitative estimate of drug-likeness (QED) is 0.275. The molecule has 3 aromatic carbocycles. The molecule has 0 amide bonds. The van der Waals surface area contributed by atoms with Gasteiger partial charge in [-0.05, 0) is 60.1 Å². The van der Waals surface area contributed by atoms with E-state index in [1.807, 2.05) is 57.2 Å². The molecule has 1 aliphatic carbocycles. The molecule has 5 rings (SSSR count). The van der Waals surface area contributed by atoms with Crippen molar-refractivity contribution in [3.05, 3.63) is 83.0 Å². The standard InChI is InChI=1S/C31H34F3N3O2/c1-18(2)21-14-15-22-26(27(21)39-6)29(4,5)17-30(38,31(32,33)34)28(22)36-24-8-7-9-25-23(24)16-35-37(25)20-12-10-19(3)11-13-20/h7-16,18,28,36,38H,17H2,1-6H3. The largest absolute Gasteiger partial charge is 0.496 e. The Hall–Kier alpha value is -3.52. The molecule has 0 radical (unpaired) electrons. The Kier molecular flexibility index (Phi) is 6.45. The molecule has 8 heteroatoms. The molecule has 0 spiro atoms. The molecular formula is C31H34F3N3O2. The summed E-state index contributed by atoms with van der Waals surface area (Å²) in [7, 11) is 1.55. The molecule has 0 aliphatic heterocycles. The molecule has 0 saturated carbocycles. The summed E-state index contributed by atoms with van der Waals surface area (Å²) in [5.74, 6) is 0.686. The minimum Gasteiger partial charge on any atom is -0.496 e.